The normalized spacial score (nSPS) is 14.4. The summed E-state index contributed by atoms with van der Waals surface area (Å²) in [5.74, 6) is 0. The van der Waals surface area contributed by atoms with E-state index in [1.54, 1.807) is 24.3 Å². The molecule has 0 aliphatic rings. The van der Waals surface area contributed by atoms with E-state index in [1.165, 1.54) is 0 Å². The summed E-state index contributed by atoms with van der Waals surface area (Å²) in [6.07, 6.45) is 0.629. The van der Waals surface area contributed by atoms with Crippen LogP contribution in [-0.4, -0.2) is 23.0 Å². The van der Waals surface area contributed by atoms with Crippen molar-refractivity contribution < 1.29 is 17.0 Å². The Morgan fingerprint density at radius 3 is 1.77 bits per heavy atom. The molecule has 1 aromatic rings. The van der Waals surface area contributed by atoms with Crippen LogP contribution in [0.3, 0.4) is 0 Å². The lowest BCUT2D eigenvalue weighted by Crippen LogP contribution is -2.51. The molecule has 0 saturated carbocycles. The molecule has 150 valence electrons. The molecule has 1 unspecified atom stereocenters. The number of hydrogen-bond donors (Lipinski definition) is 0. The summed E-state index contributed by atoms with van der Waals surface area (Å²) in [6, 6.07) is 6.74. The van der Waals surface area contributed by atoms with Gasteiger partial charge in [0.15, 0.2) is 6.29 Å². The van der Waals surface area contributed by atoms with E-state index in [1.807, 2.05) is 13.8 Å². The van der Waals surface area contributed by atoms with E-state index in [2.05, 4.69) is 41.5 Å². The van der Waals surface area contributed by atoms with Crippen molar-refractivity contribution in [1.29, 1.82) is 0 Å². The highest BCUT2D eigenvalue weighted by Crippen LogP contribution is 2.43. The van der Waals surface area contributed by atoms with E-state index >= 15 is 0 Å². The Balaban J connectivity index is 3.16. The van der Waals surface area contributed by atoms with E-state index in [-0.39, 0.29) is 4.90 Å². The SMILES string of the molecule is CCCC(O[Si](C(C)C)(C(C)C)C(C)C)OS(=O)(=O)c1ccc(C)cc1. The van der Waals surface area contributed by atoms with Crippen molar-refractivity contribution in [3.63, 3.8) is 0 Å². The molecule has 0 aromatic heterocycles. The Hall–Kier alpha value is -0.693. The second-order valence-corrected chi connectivity index (χ2v) is 15.0. The molecule has 0 N–H and O–H groups in total. The first-order valence-electron chi connectivity index (χ1n) is 9.65. The monoisotopic (exact) mass is 400 g/mol. The van der Waals surface area contributed by atoms with Crippen LogP contribution < -0.4 is 0 Å². The highest BCUT2D eigenvalue weighted by Gasteiger charge is 2.47. The van der Waals surface area contributed by atoms with Crippen LogP contribution in [0.15, 0.2) is 29.2 Å². The number of rotatable bonds is 10. The van der Waals surface area contributed by atoms with Crippen molar-refractivity contribution >= 4 is 18.4 Å². The second kappa shape index (κ2) is 9.49. The van der Waals surface area contributed by atoms with Gasteiger partial charge in [-0.25, -0.2) is 4.18 Å². The summed E-state index contributed by atoms with van der Waals surface area (Å²) in [5, 5.41) is 0. The molecular formula is C20H36O4SSi. The van der Waals surface area contributed by atoms with Crippen LogP contribution in [0.25, 0.3) is 0 Å². The number of hydrogen-bond acceptors (Lipinski definition) is 4. The summed E-state index contributed by atoms with van der Waals surface area (Å²) in [6.45, 7) is 17.0. The van der Waals surface area contributed by atoms with Gasteiger partial charge in [0.2, 0.25) is 8.32 Å². The quantitative estimate of drug-likeness (QED) is 0.274. The Morgan fingerprint density at radius 1 is 0.923 bits per heavy atom. The number of benzene rings is 1. The molecule has 0 aliphatic carbocycles. The van der Waals surface area contributed by atoms with Gasteiger partial charge in [-0.3, -0.25) is 0 Å². The molecule has 0 amide bonds. The molecule has 0 fully saturated rings. The predicted molar refractivity (Wildman–Crippen MR) is 110 cm³/mol. The van der Waals surface area contributed by atoms with Gasteiger partial charge in [0, 0.05) is 0 Å². The van der Waals surface area contributed by atoms with E-state index in [0.29, 0.717) is 23.0 Å². The maximum Gasteiger partial charge on any atom is 0.299 e. The Bertz CT molecular complexity index is 629. The van der Waals surface area contributed by atoms with E-state index < -0.39 is 24.7 Å². The van der Waals surface area contributed by atoms with Crippen LogP contribution in [0.1, 0.15) is 66.9 Å². The van der Waals surface area contributed by atoms with Gasteiger partial charge < -0.3 is 4.43 Å². The van der Waals surface area contributed by atoms with E-state index in [9.17, 15) is 8.42 Å². The highest BCUT2D eigenvalue weighted by molar-refractivity contribution is 7.86. The van der Waals surface area contributed by atoms with Gasteiger partial charge in [-0.05, 0) is 42.1 Å². The zero-order valence-electron chi connectivity index (χ0n) is 17.6. The zero-order valence-corrected chi connectivity index (χ0v) is 19.4. The van der Waals surface area contributed by atoms with Crippen molar-refractivity contribution in [3.8, 4) is 0 Å². The fraction of sp³-hybridized carbons (Fsp3) is 0.700. The van der Waals surface area contributed by atoms with Gasteiger partial charge >= 0.3 is 0 Å². The maximum absolute atomic E-state index is 12.7. The van der Waals surface area contributed by atoms with Crippen molar-refractivity contribution in [2.45, 2.75) is 96.0 Å². The molecule has 1 rings (SSSR count). The largest absolute Gasteiger partial charge is 0.391 e. The third-order valence-electron chi connectivity index (χ3n) is 5.11. The standard InChI is InChI=1S/C20H36O4SSi/c1-9-10-20(24-26(15(2)3,16(4)5)17(6)7)23-25(21,22)19-13-11-18(8)12-14-19/h11-17,20H,9-10H2,1-8H3. The first-order chi connectivity index (χ1) is 12.0. The number of aryl methyl sites for hydroxylation is 1. The van der Waals surface area contributed by atoms with Crippen molar-refractivity contribution in [3.05, 3.63) is 29.8 Å². The molecule has 0 heterocycles. The summed E-state index contributed by atoms with van der Waals surface area (Å²) in [4.78, 5) is 0.179. The molecule has 0 saturated heterocycles. The van der Waals surface area contributed by atoms with Crippen molar-refractivity contribution in [2.24, 2.45) is 0 Å². The molecule has 1 aromatic carbocycles. The molecule has 4 nitrogen and oxygen atoms in total. The van der Waals surface area contributed by atoms with Crippen LogP contribution in [-0.2, 0) is 18.7 Å². The minimum atomic E-state index is -3.85. The Labute approximate surface area is 161 Å². The van der Waals surface area contributed by atoms with Gasteiger partial charge in [0.05, 0.1) is 4.90 Å². The molecular weight excluding hydrogens is 364 g/mol. The van der Waals surface area contributed by atoms with Crippen LogP contribution in [0, 0.1) is 6.92 Å². The summed E-state index contributed by atoms with van der Waals surface area (Å²) in [7, 11) is -6.08. The zero-order chi connectivity index (χ0) is 20.1. The van der Waals surface area contributed by atoms with Crippen LogP contribution in [0.5, 0.6) is 0 Å². The minimum absolute atomic E-state index is 0.179. The van der Waals surface area contributed by atoms with Crippen LogP contribution >= 0.6 is 0 Å². The van der Waals surface area contributed by atoms with E-state index in [0.717, 1.165) is 12.0 Å². The molecule has 0 bridgehead atoms. The molecule has 0 aliphatic heterocycles. The first-order valence-corrected chi connectivity index (χ1v) is 13.2. The van der Waals surface area contributed by atoms with Gasteiger partial charge in [-0.1, -0.05) is 72.6 Å². The fourth-order valence-electron chi connectivity index (χ4n) is 3.90. The summed E-state index contributed by atoms with van der Waals surface area (Å²) >= 11 is 0. The highest BCUT2D eigenvalue weighted by atomic mass is 32.2. The fourth-order valence-corrected chi connectivity index (χ4v) is 10.4. The lowest BCUT2D eigenvalue weighted by Gasteiger charge is -2.44. The smallest absolute Gasteiger partial charge is 0.299 e. The third kappa shape index (κ3) is 5.41. The third-order valence-corrected chi connectivity index (χ3v) is 12.5. The minimum Gasteiger partial charge on any atom is -0.391 e. The van der Waals surface area contributed by atoms with Crippen LogP contribution in [0.2, 0.25) is 16.6 Å². The van der Waals surface area contributed by atoms with Crippen LogP contribution in [0.4, 0.5) is 0 Å². The lowest BCUT2D eigenvalue weighted by molar-refractivity contribution is -0.00997. The molecule has 6 heteroatoms. The average molecular weight is 401 g/mol. The second-order valence-electron chi connectivity index (χ2n) is 8.02. The molecule has 1 atom stereocenters. The molecule has 0 spiro atoms. The van der Waals surface area contributed by atoms with Gasteiger partial charge in [-0.2, -0.15) is 8.42 Å². The van der Waals surface area contributed by atoms with Crippen molar-refractivity contribution in [1.82, 2.24) is 0 Å². The van der Waals surface area contributed by atoms with E-state index in [4.69, 9.17) is 8.61 Å². The first kappa shape index (κ1) is 23.3. The maximum atomic E-state index is 12.7. The summed E-state index contributed by atoms with van der Waals surface area (Å²) in [5.41, 5.74) is 2.11. The van der Waals surface area contributed by atoms with Gasteiger partial charge in [-0.15, -0.1) is 0 Å². The van der Waals surface area contributed by atoms with Gasteiger partial charge in [0.1, 0.15) is 0 Å². The average Bonchev–Trinajstić information content (AvgIpc) is 2.51. The molecule has 0 radical (unpaired) electrons. The topological polar surface area (TPSA) is 52.6 Å². The van der Waals surface area contributed by atoms with Gasteiger partial charge in [0.25, 0.3) is 10.1 Å². The Morgan fingerprint density at radius 2 is 1.38 bits per heavy atom. The van der Waals surface area contributed by atoms with Crippen molar-refractivity contribution in [2.75, 3.05) is 0 Å². The predicted octanol–water partition coefficient (Wildman–Crippen LogP) is 6.02. The molecule has 26 heavy (non-hydrogen) atoms. The summed E-state index contributed by atoms with van der Waals surface area (Å²) < 4.78 is 37.7. The lowest BCUT2D eigenvalue weighted by atomic mass is 10.2. The Kier molecular flexibility index (Phi) is 8.52.